The van der Waals surface area contributed by atoms with Crippen LogP contribution in [0.2, 0.25) is 0 Å². The predicted octanol–water partition coefficient (Wildman–Crippen LogP) is 3.03. The summed E-state index contributed by atoms with van der Waals surface area (Å²) < 4.78 is 0. The van der Waals surface area contributed by atoms with Gasteiger partial charge in [-0.1, -0.05) is 0 Å². The van der Waals surface area contributed by atoms with Gasteiger partial charge in [-0.05, 0) is 101 Å². The van der Waals surface area contributed by atoms with E-state index in [1.54, 1.807) is 38.5 Å². The molecule has 4 bridgehead atoms. The third-order valence-corrected chi connectivity index (χ3v) is 7.78. The Kier molecular flexibility index (Phi) is 2.63. The topological polar surface area (TPSA) is 15.3 Å². The Balaban J connectivity index is 1.38. The summed E-state index contributed by atoms with van der Waals surface area (Å²) in [6, 6.07) is 0. The van der Waals surface area contributed by atoms with Crippen molar-refractivity contribution in [3.05, 3.63) is 0 Å². The fraction of sp³-hybridized carbons (Fsp3) is 1.00. The number of nitrogens with one attached hydrogen (secondary N) is 1. The average molecular weight is 274 g/mol. The second kappa shape index (κ2) is 4.23. The largest absolute Gasteiger partial charge is 0.317 e. The van der Waals surface area contributed by atoms with E-state index in [1.165, 1.54) is 45.4 Å². The molecular weight excluding hydrogens is 244 g/mol. The van der Waals surface area contributed by atoms with E-state index in [0.29, 0.717) is 11.0 Å². The van der Waals surface area contributed by atoms with Crippen molar-refractivity contribution in [1.29, 1.82) is 0 Å². The van der Waals surface area contributed by atoms with E-state index in [1.807, 2.05) is 0 Å². The monoisotopic (exact) mass is 274 g/mol. The lowest BCUT2D eigenvalue weighted by atomic mass is 9.52. The Morgan fingerprint density at radius 1 is 0.800 bits per heavy atom. The summed E-state index contributed by atoms with van der Waals surface area (Å²) in [5.74, 6) is 3.31. The maximum Gasteiger partial charge on any atom is 0.0217 e. The SMILES string of the molecule is C1CC2(CCN1)CCN(C13CC4CC(CC(C4)C1)C3)C2. The molecule has 6 fully saturated rings. The lowest BCUT2D eigenvalue weighted by molar-refractivity contribution is -0.0844. The minimum Gasteiger partial charge on any atom is -0.317 e. The van der Waals surface area contributed by atoms with Crippen molar-refractivity contribution in [3.8, 4) is 0 Å². The molecule has 0 radical (unpaired) electrons. The second-order valence-corrected chi connectivity index (χ2v) is 9.06. The molecule has 2 heterocycles. The lowest BCUT2D eigenvalue weighted by Crippen LogP contribution is -2.59. The zero-order chi connectivity index (χ0) is 13.2. The minimum absolute atomic E-state index is 0.670. The molecule has 2 nitrogen and oxygen atoms in total. The Bertz CT molecular complexity index is 361. The van der Waals surface area contributed by atoms with Crippen LogP contribution in [0.3, 0.4) is 0 Å². The van der Waals surface area contributed by atoms with Crippen molar-refractivity contribution >= 4 is 0 Å². The molecule has 6 aliphatic rings. The molecule has 0 amide bonds. The molecule has 0 aromatic rings. The summed E-state index contributed by atoms with van der Waals surface area (Å²) in [7, 11) is 0. The van der Waals surface area contributed by atoms with Gasteiger partial charge in [0, 0.05) is 12.1 Å². The molecule has 1 N–H and O–H groups in total. The predicted molar refractivity (Wildman–Crippen MR) is 81.6 cm³/mol. The van der Waals surface area contributed by atoms with Crippen LogP contribution in [-0.2, 0) is 0 Å². The Labute approximate surface area is 123 Å². The molecule has 20 heavy (non-hydrogen) atoms. The summed E-state index contributed by atoms with van der Waals surface area (Å²) >= 11 is 0. The summed E-state index contributed by atoms with van der Waals surface area (Å²) in [4.78, 5) is 3.02. The maximum atomic E-state index is 3.57. The van der Waals surface area contributed by atoms with Gasteiger partial charge in [-0.15, -0.1) is 0 Å². The smallest absolute Gasteiger partial charge is 0.0217 e. The first-order valence-corrected chi connectivity index (χ1v) is 9.21. The number of hydrogen-bond acceptors (Lipinski definition) is 2. The molecule has 0 unspecified atom stereocenters. The van der Waals surface area contributed by atoms with Crippen molar-refractivity contribution in [3.63, 3.8) is 0 Å². The molecule has 112 valence electrons. The summed E-state index contributed by atoms with van der Waals surface area (Å²) in [5, 5.41) is 3.57. The first-order chi connectivity index (χ1) is 9.75. The molecule has 6 rings (SSSR count). The summed E-state index contributed by atoms with van der Waals surface area (Å²) in [6.07, 6.45) is 13.8. The molecule has 4 saturated carbocycles. The van der Waals surface area contributed by atoms with Crippen LogP contribution in [0.25, 0.3) is 0 Å². The number of rotatable bonds is 1. The first kappa shape index (κ1) is 12.5. The summed E-state index contributed by atoms with van der Waals surface area (Å²) in [5.41, 5.74) is 1.37. The maximum absolute atomic E-state index is 3.57. The lowest BCUT2D eigenvalue weighted by Gasteiger charge is -2.60. The van der Waals surface area contributed by atoms with Crippen molar-refractivity contribution in [2.24, 2.45) is 23.2 Å². The van der Waals surface area contributed by atoms with Gasteiger partial charge in [-0.2, -0.15) is 0 Å². The number of piperidine rings is 1. The zero-order valence-corrected chi connectivity index (χ0v) is 12.9. The van der Waals surface area contributed by atoms with Crippen molar-refractivity contribution in [2.75, 3.05) is 26.2 Å². The van der Waals surface area contributed by atoms with E-state index in [2.05, 4.69) is 10.2 Å². The van der Waals surface area contributed by atoms with E-state index in [4.69, 9.17) is 0 Å². The Morgan fingerprint density at radius 3 is 2.00 bits per heavy atom. The van der Waals surface area contributed by atoms with Crippen LogP contribution >= 0.6 is 0 Å². The van der Waals surface area contributed by atoms with Crippen molar-refractivity contribution < 1.29 is 0 Å². The number of likely N-dealkylation sites (tertiary alicyclic amines) is 1. The molecule has 2 heteroatoms. The highest BCUT2D eigenvalue weighted by Gasteiger charge is 2.56. The van der Waals surface area contributed by atoms with Crippen LogP contribution in [0.15, 0.2) is 0 Å². The fourth-order valence-electron chi connectivity index (χ4n) is 7.16. The minimum atomic E-state index is 0.670. The zero-order valence-electron chi connectivity index (χ0n) is 12.9. The molecule has 0 atom stereocenters. The van der Waals surface area contributed by atoms with Gasteiger partial charge in [-0.25, -0.2) is 0 Å². The van der Waals surface area contributed by atoms with Gasteiger partial charge in [-0.3, -0.25) is 4.90 Å². The fourth-order valence-corrected chi connectivity index (χ4v) is 7.16. The van der Waals surface area contributed by atoms with Gasteiger partial charge in [0.25, 0.3) is 0 Å². The van der Waals surface area contributed by atoms with E-state index in [0.717, 1.165) is 17.8 Å². The Hall–Kier alpha value is -0.0800. The van der Waals surface area contributed by atoms with Gasteiger partial charge in [0.2, 0.25) is 0 Å². The highest BCUT2D eigenvalue weighted by Crippen LogP contribution is 2.59. The molecule has 4 aliphatic carbocycles. The number of nitrogens with zero attached hydrogens (tertiary/aromatic N) is 1. The highest BCUT2D eigenvalue weighted by atomic mass is 15.2. The standard InChI is InChI=1S/C18H30N2/c1-4-19-5-2-17(1)3-6-20(13-17)18-10-14-7-15(11-18)9-16(8-14)12-18/h14-16,19H,1-13H2. The third-order valence-electron chi connectivity index (χ3n) is 7.78. The molecular formula is C18H30N2. The number of hydrogen-bond donors (Lipinski definition) is 1. The van der Waals surface area contributed by atoms with Crippen LogP contribution in [0.1, 0.15) is 57.8 Å². The molecule has 2 aliphatic heterocycles. The van der Waals surface area contributed by atoms with E-state index in [9.17, 15) is 0 Å². The molecule has 2 saturated heterocycles. The van der Waals surface area contributed by atoms with Crippen LogP contribution in [0.5, 0.6) is 0 Å². The van der Waals surface area contributed by atoms with Gasteiger partial charge in [0.15, 0.2) is 0 Å². The second-order valence-electron chi connectivity index (χ2n) is 9.06. The van der Waals surface area contributed by atoms with Crippen molar-refractivity contribution in [1.82, 2.24) is 10.2 Å². The van der Waals surface area contributed by atoms with Crippen LogP contribution in [-0.4, -0.2) is 36.6 Å². The molecule has 0 aromatic carbocycles. The van der Waals surface area contributed by atoms with Crippen LogP contribution in [0.4, 0.5) is 0 Å². The quantitative estimate of drug-likeness (QED) is 0.790. The average Bonchev–Trinajstić information content (AvgIpc) is 2.83. The van der Waals surface area contributed by atoms with E-state index in [-0.39, 0.29) is 0 Å². The highest BCUT2D eigenvalue weighted by molar-refractivity contribution is 5.10. The van der Waals surface area contributed by atoms with E-state index >= 15 is 0 Å². The van der Waals surface area contributed by atoms with Gasteiger partial charge in [0.1, 0.15) is 0 Å². The van der Waals surface area contributed by atoms with Crippen LogP contribution in [0, 0.1) is 23.2 Å². The van der Waals surface area contributed by atoms with Gasteiger partial charge >= 0.3 is 0 Å². The third kappa shape index (κ3) is 1.76. The van der Waals surface area contributed by atoms with E-state index < -0.39 is 0 Å². The Morgan fingerprint density at radius 2 is 1.40 bits per heavy atom. The summed E-state index contributed by atoms with van der Waals surface area (Å²) in [6.45, 7) is 5.41. The van der Waals surface area contributed by atoms with Gasteiger partial charge in [0.05, 0.1) is 0 Å². The molecule has 0 aromatic heterocycles. The van der Waals surface area contributed by atoms with Crippen LogP contribution < -0.4 is 5.32 Å². The molecule has 1 spiro atoms. The normalized spacial score (nSPS) is 50.1. The van der Waals surface area contributed by atoms with Crippen molar-refractivity contribution in [2.45, 2.75) is 63.3 Å². The van der Waals surface area contributed by atoms with Gasteiger partial charge < -0.3 is 5.32 Å². The first-order valence-electron chi connectivity index (χ1n) is 9.21.